The third kappa shape index (κ3) is 7.27. The van der Waals surface area contributed by atoms with Crippen LogP contribution in [0.5, 0.6) is 5.88 Å². The number of aliphatic hydroxyl groups is 1. The SMILES string of the molecule is CN=C(NCc1ccc(OCC2CC2)nc1)NCC(CO)c1ccccc1.I. The lowest BCUT2D eigenvalue weighted by Crippen LogP contribution is -2.39. The first kappa shape index (κ1) is 22.4. The van der Waals surface area contributed by atoms with Crippen LogP contribution in [0, 0.1) is 5.92 Å². The Morgan fingerprint density at radius 1 is 1.21 bits per heavy atom. The van der Waals surface area contributed by atoms with Crippen LogP contribution >= 0.6 is 24.0 Å². The summed E-state index contributed by atoms with van der Waals surface area (Å²) in [6.07, 6.45) is 4.37. The Morgan fingerprint density at radius 3 is 2.61 bits per heavy atom. The lowest BCUT2D eigenvalue weighted by atomic mass is 10.0. The number of hydrogen-bond acceptors (Lipinski definition) is 4. The average Bonchev–Trinajstić information content (AvgIpc) is 3.55. The Labute approximate surface area is 183 Å². The van der Waals surface area contributed by atoms with E-state index in [1.807, 2.05) is 48.7 Å². The van der Waals surface area contributed by atoms with E-state index in [1.165, 1.54) is 12.8 Å². The minimum atomic E-state index is 0. The Kier molecular flexibility index (Phi) is 9.49. The molecule has 3 rings (SSSR count). The van der Waals surface area contributed by atoms with Gasteiger partial charge in [-0.3, -0.25) is 4.99 Å². The molecule has 1 saturated carbocycles. The van der Waals surface area contributed by atoms with Gasteiger partial charge in [0.15, 0.2) is 5.96 Å². The topological polar surface area (TPSA) is 78.8 Å². The molecular formula is C21H29IN4O2. The van der Waals surface area contributed by atoms with Gasteiger partial charge in [-0.25, -0.2) is 4.98 Å². The van der Waals surface area contributed by atoms with Crippen molar-refractivity contribution >= 4 is 29.9 Å². The van der Waals surface area contributed by atoms with Gasteiger partial charge in [0.1, 0.15) is 0 Å². The van der Waals surface area contributed by atoms with Crippen LogP contribution in [0.2, 0.25) is 0 Å². The fraction of sp³-hybridized carbons (Fsp3) is 0.429. The molecule has 1 aliphatic rings. The van der Waals surface area contributed by atoms with E-state index in [-0.39, 0.29) is 36.5 Å². The van der Waals surface area contributed by atoms with Gasteiger partial charge >= 0.3 is 0 Å². The minimum Gasteiger partial charge on any atom is -0.477 e. The van der Waals surface area contributed by atoms with Gasteiger partial charge in [0, 0.05) is 38.3 Å². The van der Waals surface area contributed by atoms with Crippen LogP contribution in [-0.4, -0.2) is 42.9 Å². The number of nitrogens with one attached hydrogen (secondary N) is 2. The van der Waals surface area contributed by atoms with E-state index in [1.54, 1.807) is 7.05 Å². The van der Waals surface area contributed by atoms with Gasteiger partial charge in [-0.2, -0.15) is 0 Å². The fourth-order valence-electron chi connectivity index (χ4n) is 2.73. The molecule has 0 bridgehead atoms. The highest BCUT2D eigenvalue weighted by Crippen LogP contribution is 2.29. The van der Waals surface area contributed by atoms with E-state index in [0.29, 0.717) is 24.9 Å². The summed E-state index contributed by atoms with van der Waals surface area (Å²) in [6, 6.07) is 13.9. The van der Waals surface area contributed by atoms with Crippen molar-refractivity contribution in [2.45, 2.75) is 25.3 Å². The van der Waals surface area contributed by atoms with Crippen molar-refractivity contribution in [3.8, 4) is 5.88 Å². The largest absolute Gasteiger partial charge is 0.477 e. The number of guanidine groups is 1. The van der Waals surface area contributed by atoms with Gasteiger partial charge in [0.05, 0.1) is 13.2 Å². The number of rotatable bonds is 9. The first-order chi connectivity index (χ1) is 13.3. The molecule has 6 nitrogen and oxygen atoms in total. The number of aliphatic imine (C=N–C) groups is 1. The summed E-state index contributed by atoms with van der Waals surface area (Å²) in [5, 5.41) is 16.2. The zero-order valence-electron chi connectivity index (χ0n) is 16.2. The maximum atomic E-state index is 9.66. The van der Waals surface area contributed by atoms with Crippen LogP contribution in [0.25, 0.3) is 0 Å². The molecule has 0 amide bonds. The van der Waals surface area contributed by atoms with E-state index in [4.69, 9.17) is 4.74 Å². The Bertz CT molecular complexity index is 721. The van der Waals surface area contributed by atoms with Crippen molar-refractivity contribution in [2.24, 2.45) is 10.9 Å². The monoisotopic (exact) mass is 496 g/mol. The number of benzene rings is 1. The molecule has 1 unspecified atom stereocenters. The van der Waals surface area contributed by atoms with Crippen molar-refractivity contribution in [3.05, 3.63) is 59.8 Å². The van der Waals surface area contributed by atoms with Gasteiger partial charge in [-0.15, -0.1) is 24.0 Å². The van der Waals surface area contributed by atoms with Crippen molar-refractivity contribution < 1.29 is 9.84 Å². The zero-order valence-corrected chi connectivity index (χ0v) is 18.5. The van der Waals surface area contributed by atoms with E-state index in [2.05, 4.69) is 20.6 Å². The molecule has 1 fully saturated rings. The lowest BCUT2D eigenvalue weighted by Gasteiger charge is -2.18. The van der Waals surface area contributed by atoms with Crippen LogP contribution in [0.3, 0.4) is 0 Å². The molecule has 152 valence electrons. The molecule has 7 heteroatoms. The first-order valence-corrected chi connectivity index (χ1v) is 9.46. The Morgan fingerprint density at radius 2 is 2.00 bits per heavy atom. The van der Waals surface area contributed by atoms with Crippen molar-refractivity contribution in [3.63, 3.8) is 0 Å². The second-order valence-electron chi connectivity index (χ2n) is 6.86. The first-order valence-electron chi connectivity index (χ1n) is 9.46. The number of halogens is 1. The van der Waals surface area contributed by atoms with Gasteiger partial charge < -0.3 is 20.5 Å². The predicted molar refractivity (Wildman–Crippen MR) is 122 cm³/mol. The van der Waals surface area contributed by atoms with Crippen molar-refractivity contribution in [2.75, 3.05) is 26.8 Å². The summed E-state index contributed by atoms with van der Waals surface area (Å²) in [4.78, 5) is 8.60. The summed E-state index contributed by atoms with van der Waals surface area (Å²) >= 11 is 0. The van der Waals surface area contributed by atoms with Gasteiger partial charge in [0.25, 0.3) is 0 Å². The highest BCUT2D eigenvalue weighted by atomic mass is 127. The lowest BCUT2D eigenvalue weighted by molar-refractivity contribution is 0.265. The number of aromatic nitrogens is 1. The molecule has 0 spiro atoms. The molecule has 2 aromatic rings. The number of aliphatic hydroxyl groups excluding tert-OH is 1. The molecule has 0 aliphatic heterocycles. The van der Waals surface area contributed by atoms with Crippen LogP contribution < -0.4 is 15.4 Å². The van der Waals surface area contributed by atoms with Crippen LogP contribution in [0.4, 0.5) is 0 Å². The summed E-state index contributed by atoms with van der Waals surface area (Å²) in [6.45, 7) is 2.08. The molecule has 0 saturated heterocycles. The van der Waals surface area contributed by atoms with Crippen molar-refractivity contribution in [1.82, 2.24) is 15.6 Å². The van der Waals surface area contributed by atoms with Crippen LogP contribution in [0.1, 0.15) is 29.9 Å². The molecule has 1 atom stereocenters. The molecule has 1 aromatic carbocycles. The molecule has 0 radical (unpaired) electrons. The number of pyridine rings is 1. The number of nitrogens with zero attached hydrogens (tertiary/aromatic N) is 2. The third-order valence-electron chi connectivity index (χ3n) is 4.65. The van der Waals surface area contributed by atoms with Crippen LogP contribution in [0.15, 0.2) is 53.7 Å². The molecule has 1 aromatic heterocycles. The maximum Gasteiger partial charge on any atom is 0.213 e. The second-order valence-corrected chi connectivity index (χ2v) is 6.86. The highest BCUT2D eigenvalue weighted by Gasteiger charge is 2.22. The quantitative estimate of drug-likeness (QED) is 0.283. The molecule has 28 heavy (non-hydrogen) atoms. The van der Waals surface area contributed by atoms with Gasteiger partial charge in [-0.05, 0) is 29.9 Å². The standard InChI is InChI=1S/C21H28N4O2.HI/c1-22-21(25-13-19(14-26)18-5-3-2-4-6-18)24-12-17-9-10-20(23-11-17)27-15-16-7-8-16;/h2-6,9-11,16,19,26H,7-8,12-15H2,1H3,(H2,22,24,25);1H. The van der Waals surface area contributed by atoms with E-state index >= 15 is 0 Å². The zero-order chi connectivity index (χ0) is 18.9. The van der Waals surface area contributed by atoms with E-state index in [0.717, 1.165) is 23.7 Å². The highest BCUT2D eigenvalue weighted by molar-refractivity contribution is 14.0. The number of hydrogen-bond donors (Lipinski definition) is 3. The third-order valence-corrected chi connectivity index (χ3v) is 4.65. The average molecular weight is 496 g/mol. The molecule has 1 heterocycles. The normalized spacial score (nSPS) is 14.7. The Hall–Kier alpha value is -1.87. The van der Waals surface area contributed by atoms with Crippen molar-refractivity contribution in [1.29, 1.82) is 0 Å². The Balaban J connectivity index is 0.00000280. The molecule has 1 aliphatic carbocycles. The molecular weight excluding hydrogens is 467 g/mol. The second kappa shape index (κ2) is 11.9. The minimum absolute atomic E-state index is 0. The summed E-state index contributed by atoms with van der Waals surface area (Å²) in [7, 11) is 1.73. The van der Waals surface area contributed by atoms with Gasteiger partial charge in [0.2, 0.25) is 5.88 Å². The van der Waals surface area contributed by atoms with E-state index < -0.39 is 0 Å². The maximum absolute atomic E-state index is 9.66. The van der Waals surface area contributed by atoms with E-state index in [9.17, 15) is 5.11 Å². The number of ether oxygens (including phenoxy) is 1. The smallest absolute Gasteiger partial charge is 0.213 e. The fourth-order valence-corrected chi connectivity index (χ4v) is 2.73. The van der Waals surface area contributed by atoms with Crippen LogP contribution in [-0.2, 0) is 6.54 Å². The molecule has 3 N–H and O–H groups in total. The summed E-state index contributed by atoms with van der Waals surface area (Å²) in [5.41, 5.74) is 2.16. The predicted octanol–water partition coefficient (Wildman–Crippen LogP) is 2.93. The van der Waals surface area contributed by atoms with Gasteiger partial charge in [-0.1, -0.05) is 36.4 Å². The summed E-state index contributed by atoms with van der Waals surface area (Å²) in [5.74, 6) is 2.12. The summed E-state index contributed by atoms with van der Waals surface area (Å²) < 4.78 is 5.66.